The number of nitrogens with zero attached hydrogens (tertiary/aromatic N) is 3. The van der Waals surface area contributed by atoms with Crippen molar-refractivity contribution in [3.05, 3.63) is 21.9 Å². The van der Waals surface area contributed by atoms with Crippen molar-refractivity contribution in [1.82, 2.24) is 14.3 Å². The van der Waals surface area contributed by atoms with Crippen LogP contribution in [0.25, 0.3) is 0 Å². The van der Waals surface area contributed by atoms with Crippen LogP contribution in [0.15, 0.2) is 5.38 Å². The minimum Gasteiger partial charge on any atom is -0.476 e. The molecular formula is C12H16N4O2S2. The summed E-state index contributed by atoms with van der Waals surface area (Å²) in [4.78, 5) is 19.3. The van der Waals surface area contributed by atoms with Crippen molar-refractivity contribution >= 4 is 34.0 Å². The molecular weight excluding hydrogens is 296 g/mol. The second kappa shape index (κ2) is 5.45. The third-order valence-electron chi connectivity index (χ3n) is 2.55. The summed E-state index contributed by atoms with van der Waals surface area (Å²) in [5, 5.41) is 15.0. The van der Waals surface area contributed by atoms with Crippen LogP contribution in [-0.4, -0.2) is 25.4 Å². The highest BCUT2D eigenvalue weighted by Crippen LogP contribution is 2.26. The number of rotatable bonds is 4. The molecule has 1 atom stereocenters. The van der Waals surface area contributed by atoms with Gasteiger partial charge in [-0.3, -0.25) is 0 Å². The lowest BCUT2D eigenvalue weighted by Gasteiger charge is -2.12. The van der Waals surface area contributed by atoms with Gasteiger partial charge in [0.2, 0.25) is 5.13 Å². The molecule has 2 rings (SSSR count). The predicted molar refractivity (Wildman–Crippen MR) is 79.7 cm³/mol. The van der Waals surface area contributed by atoms with Crippen molar-refractivity contribution in [3.63, 3.8) is 0 Å². The van der Waals surface area contributed by atoms with E-state index < -0.39 is 5.97 Å². The number of hydrogen-bond donors (Lipinski definition) is 2. The number of carbonyl (C=O) groups is 1. The molecule has 0 saturated heterocycles. The van der Waals surface area contributed by atoms with Gasteiger partial charge >= 0.3 is 5.97 Å². The van der Waals surface area contributed by atoms with Crippen LogP contribution in [0.1, 0.15) is 55.1 Å². The largest absolute Gasteiger partial charge is 0.476 e. The summed E-state index contributed by atoms with van der Waals surface area (Å²) in [6, 6.07) is -0.103. The van der Waals surface area contributed by atoms with E-state index in [-0.39, 0.29) is 17.2 Å². The number of hydrogen-bond acceptors (Lipinski definition) is 7. The fourth-order valence-corrected chi connectivity index (χ4v) is 3.06. The van der Waals surface area contributed by atoms with Crippen LogP contribution >= 0.6 is 22.9 Å². The monoisotopic (exact) mass is 312 g/mol. The molecule has 2 aromatic heterocycles. The fourth-order valence-electron chi connectivity index (χ4n) is 1.42. The van der Waals surface area contributed by atoms with Gasteiger partial charge in [-0.15, -0.1) is 11.3 Å². The van der Waals surface area contributed by atoms with E-state index in [9.17, 15) is 4.79 Å². The Morgan fingerprint density at radius 3 is 2.60 bits per heavy atom. The second-order valence-electron chi connectivity index (χ2n) is 5.42. The predicted octanol–water partition coefficient (Wildman–Crippen LogP) is 3.16. The van der Waals surface area contributed by atoms with Crippen LogP contribution in [0.5, 0.6) is 0 Å². The molecule has 0 saturated carbocycles. The van der Waals surface area contributed by atoms with Crippen molar-refractivity contribution < 1.29 is 9.90 Å². The molecule has 0 radical (unpaired) electrons. The molecule has 6 nitrogen and oxygen atoms in total. The Morgan fingerprint density at radius 2 is 2.10 bits per heavy atom. The van der Waals surface area contributed by atoms with E-state index in [0.29, 0.717) is 0 Å². The van der Waals surface area contributed by atoms with E-state index in [1.165, 1.54) is 28.2 Å². The van der Waals surface area contributed by atoms with E-state index in [1.54, 1.807) is 0 Å². The van der Waals surface area contributed by atoms with Crippen LogP contribution in [0.4, 0.5) is 5.13 Å². The SMILES string of the molecule is CC(Nc1nc(C(C)(C)C)ns1)c1nc(C(=O)O)cs1. The molecule has 2 heterocycles. The Hall–Kier alpha value is -1.54. The average molecular weight is 312 g/mol. The zero-order chi connectivity index (χ0) is 14.9. The van der Waals surface area contributed by atoms with E-state index in [0.717, 1.165) is 16.0 Å². The lowest BCUT2D eigenvalue weighted by molar-refractivity contribution is 0.0691. The van der Waals surface area contributed by atoms with Crippen molar-refractivity contribution in [2.75, 3.05) is 5.32 Å². The highest BCUT2D eigenvalue weighted by atomic mass is 32.1. The Balaban J connectivity index is 2.09. The quantitative estimate of drug-likeness (QED) is 0.901. The Labute approximate surface area is 125 Å². The van der Waals surface area contributed by atoms with Gasteiger partial charge in [0.15, 0.2) is 5.69 Å². The number of thiazole rings is 1. The van der Waals surface area contributed by atoms with Gasteiger partial charge in [0.25, 0.3) is 0 Å². The summed E-state index contributed by atoms with van der Waals surface area (Å²) in [5.41, 5.74) is -0.0107. The topological polar surface area (TPSA) is 88.0 Å². The first-order valence-corrected chi connectivity index (χ1v) is 7.72. The molecule has 2 N–H and O–H groups in total. The highest BCUT2D eigenvalue weighted by molar-refractivity contribution is 7.10. The van der Waals surface area contributed by atoms with Gasteiger partial charge in [0, 0.05) is 22.3 Å². The molecule has 0 amide bonds. The molecule has 0 aliphatic rings. The van der Waals surface area contributed by atoms with Gasteiger partial charge in [-0.05, 0) is 6.92 Å². The van der Waals surface area contributed by atoms with Crippen LogP contribution in [0, 0.1) is 0 Å². The first-order chi connectivity index (χ1) is 9.27. The van der Waals surface area contributed by atoms with Gasteiger partial charge in [0.05, 0.1) is 6.04 Å². The summed E-state index contributed by atoms with van der Waals surface area (Å²) in [6.45, 7) is 8.09. The Kier molecular flexibility index (Phi) is 4.05. The van der Waals surface area contributed by atoms with Gasteiger partial charge < -0.3 is 10.4 Å². The molecule has 2 aromatic rings. The van der Waals surface area contributed by atoms with Crippen LogP contribution in [0.3, 0.4) is 0 Å². The smallest absolute Gasteiger partial charge is 0.355 e. The minimum absolute atomic E-state index is 0.0753. The first kappa shape index (κ1) is 14.9. The van der Waals surface area contributed by atoms with Crippen molar-refractivity contribution in [3.8, 4) is 0 Å². The average Bonchev–Trinajstić information content (AvgIpc) is 2.95. The van der Waals surface area contributed by atoms with Gasteiger partial charge in [-0.25, -0.2) is 14.8 Å². The van der Waals surface area contributed by atoms with E-state index in [2.05, 4.69) is 40.4 Å². The molecule has 0 aliphatic carbocycles. The first-order valence-electron chi connectivity index (χ1n) is 6.07. The van der Waals surface area contributed by atoms with E-state index in [1.807, 2.05) is 6.92 Å². The summed E-state index contributed by atoms with van der Waals surface area (Å²) in [5.74, 6) is -0.215. The molecule has 0 bridgehead atoms. The number of nitrogens with one attached hydrogen (secondary N) is 1. The molecule has 108 valence electrons. The maximum absolute atomic E-state index is 10.8. The number of carboxylic acid groups (broad SMARTS) is 1. The summed E-state index contributed by atoms with van der Waals surface area (Å²) in [7, 11) is 0. The maximum Gasteiger partial charge on any atom is 0.355 e. The minimum atomic E-state index is -1.01. The van der Waals surface area contributed by atoms with Gasteiger partial charge in [-0.2, -0.15) is 4.37 Å². The van der Waals surface area contributed by atoms with Crippen molar-refractivity contribution in [2.45, 2.75) is 39.2 Å². The number of aromatic nitrogens is 3. The second-order valence-corrected chi connectivity index (χ2v) is 7.06. The molecule has 8 heteroatoms. The third kappa shape index (κ3) is 3.31. The maximum atomic E-state index is 10.8. The van der Waals surface area contributed by atoms with E-state index in [4.69, 9.17) is 5.11 Å². The zero-order valence-electron chi connectivity index (χ0n) is 11.7. The van der Waals surface area contributed by atoms with Crippen LogP contribution in [-0.2, 0) is 5.41 Å². The molecule has 0 aliphatic heterocycles. The summed E-state index contributed by atoms with van der Waals surface area (Å²) < 4.78 is 4.32. The lowest BCUT2D eigenvalue weighted by Crippen LogP contribution is -2.13. The van der Waals surface area contributed by atoms with Gasteiger partial charge in [0.1, 0.15) is 10.8 Å². The van der Waals surface area contributed by atoms with E-state index >= 15 is 0 Å². The van der Waals surface area contributed by atoms with Crippen LogP contribution in [0.2, 0.25) is 0 Å². The lowest BCUT2D eigenvalue weighted by atomic mass is 9.96. The molecule has 0 spiro atoms. The number of aromatic carboxylic acids is 1. The van der Waals surface area contributed by atoms with Crippen molar-refractivity contribution in [1.29, 1.82) is 0 Å². The van der Waals surface area contributed by atoms with Crippen molar-refractivity contribution in [2.24, 2.45) is 0 Å². The molecule has 0 aromatic carbocycles. The molecule has 0 fully saturated rings. The fraction of sp³-hybridized carbons (Fsp3) is 0.500. The standard InChI is InChI=1S/C12H16N4O2S2/c1-6(8-14-7(5-19-8)9(17)18)13-11-15-10(16-20-11)12(2,3)4/h5-6H,1-4H3,(H,17,18)(H,13,15,16). The number of carboxylic acids is 1. The van der Waals surface area contributed by atoms with Gasteiger partial charge in [-0.1, -0.05) is 20.8 Å². The highest BCUT2D eigenvalue weighted by Gasteiger charge is 2.21. The molecule has 1 unspecified atom stereocenters. The van der Waals surface area contributed by atoms with Crippen LogP contribution < -0.4 is 5.32 Å². The zero-order valence-corrected chi connectivity index (χ0v) is 13.3. The Bertz CT molecular complexity index is 615. The summed E-state index contributed by atoms with van der Waals surface area (Å²) >= 11 is 2.62. The Morgan fingerprint density at radius 1 is 1.40 bits per heavy atom. The number of anilines is 1. The molecule has 20 heavy (non-hydrogen) atoms. The third-order valence-corrected chi connectivity index (χ3v) is 4.22. The normalized spacial score (nSPS) is 13.2. The summed E-state index contributed by atoms with van der Waals surface area (Å²) in [6.07, 6.45) is 0.